The van der Waals surface area contributed by atoms with Crippen LogP contribution in [0.25, 0.3) is 0 Å². The number of ether oxygens (including phenoxy) is 1. The lowest BCUT2D eigenvalue weighted by molar-refractivity contribution is 0.0688. The number of hydrogen-bond acceptors (Lipinski definition) is 3. The molecule has 0 saturated heterocycles. The highest BCUT2D eigenvalue weighted by Gasteiger charge is 2.50. The van der Waals surface area contributed by atoms with Crippen LogP contribution in [-0.4, -0.2) is 12.2 Å². The van der Waals surface area contributed by atoms with Gasteiger partial charge in [-0.1, -0.05) is 83.6 Å². The molecule has 196 valence electrons. The molecule has 0 radical (unpaired) electrons. The number of fused-ring (bicyclic) bond motifs is 1. The molecule has 3 aliphatic carbocycles. The molecular formula is C30H46INO3. The highest BCUT2D eigenvalue weighted by atomic mass is 127. The Kier molecular flexibility index (Phi) is 9.75. The van der Waals surface area contributed by atoms with Gasteiger partial charge in [0, 0.05) is 6.42 Å². The van der Waals surface area contributed by atoms with Crippen molar-refractivity contribution in [3.8, 4) is 0 Å². The molecule has 3 fully saturated rings. The van der Waals surface area contributed by atoms with E-state index in [2.05, 4.69) is 81.1 Å². The van der Waals surface area contributed by atoms with Crippen LogP contribution in [0.5, 0.6) is 0 Å². The third kappa shape index (κ3) is 7.03. The van der Waals surface area contributed by atoms with Crippen LogP contribution in [0.1, 0.15) is 92.9 Å². The zero-order valence-corrected chi connectivity index (χ0v) is 24.8. The maximum Gasteiger partial charge on any atom is 0.432 e. The maximum atomic E-state index is 11.8. The van der Waals surface area contributed by atoms with E-state index in [-0.39, 0.29) is 6.10 Å². The van der Waals surface area contributed by atoms with Gasteiger partial charge in [-0.05, 0) is 85.0 Å². The number of nitrogens with one attached hydrogen (secondary N) is 1. The first-order valence-corrected chi connectivity index (χ1v) is 14.3. The van der Waals surface area contributed by atoms with Crippen molar-refractivity contribution in [2.75, 3.05) is 0 Å². The number of amides is 1. The fourth-order valence-corrected chi connectivity index (χ4v) is 6.78. The quantitative estimate of drug-likeness (QED) is 0.189. The lowest BCUT2D eigenvalue weighted by atomic mass is 9.61. The Hall–Kier alpha value is -1.08. The van der Waals surface area contributed by atoms with Gasteiger partial charge in [0.25, 0.3) is 0 Å². The monoisotopic (exact) mass is 595 g/mol. The summed E-state index contributed by atoms with van der Waals surface area (Å²) in [6.07, 6.45) is 17.8. The Labute approximate surface area is 227 Å². The first-order valence-electron chi connectivity index (χ1n) is 13.5. The molecule has 6 atom stereocenters. The van der Waals surface area contributed by atoms with Gasteiger partial charge in [0.05, 0.1) is 0 Å². The summed E-state index contributed by atoms with van der Waals surface area (Å²) < 4.78 is 10.1. The molecule has 3 saturated carbocycles. The molecule has 0 spiro atoms. The lowest BCUT2D eigenvalue weighted by Crippen LogP contribution is -2.35. The Morgan fingerprint density at radius 3 is 2.60 bits per heavy atom. The van der Waals surface area contributed by atoms with Crippen LogP contribution in [0.4, 0.5) is 4.79 Å². The lowest BCUT2D eigenvalue weighted by Gasteiger charge is -2.44. The van der Waals surface area contributed by atoms with E-state index in [1.54, 1.807) is 28.6 Å². The van der Waals surface area contributed by atoms with E-state index >= 15 is 0 Å². The molecule has 5 heteroatoms. The van der Waals surface area contributed by atoms with Gasteiger partial charge in [-0.25, -0.2) is 7.96 Å². The van der Waals surface area contributed by atoms with E-state index in [0.29, 0.717) is 28.6 Å². The Bertz CT molecular complexity index is 867. The number of hydrogen-bond donors (Lipinski definition) is 1. The van der Waals surface area contributed by atoms with Crippen molar-refractivity contribution in [3.05, 3.63) is 47.6 Å². The van der Waals surface area contributed by atoms with Gasteiger partial charge in [0.2, 0.25) is 0 Å². The first-order chi connectivity index (χ1) is 16.5. The van der Waals surface area contributed by atoms with Gasteiger partial charge < -0.3 is 4.74 Å². The van der Waals surface area contributed by atoms with Gasteiger partial charge in [0.1, 0.15) is 29.1 Å². The number of halogens is 1. The summed E-state index contributed by atoms with van der Waals surface area (Å²) >= 11 is 1.62. The molecule has 1 amide bonds. The topological polar surface area (TPSA) is 47.6 Å². The first kappa shape index (κ1) is 28.5. The summed E-state index contributed by atoms with van der Waals surface area (Å²) in [6.45, 7) is 18.6. The summed E-state index contributed by atoms with van der Waals surface area (Å²) in [5, 5.41) is 0. The second kappa shape index (κ2) is 12.0. The van der Waals surface area contributed by atoms with Crippen LogP contribution in [-0.2, 0) is 7.90 Å². The molecule has 0 aromatic heterocycles. The molecule has 4 nitrogen and oxygen atoms in total. The van der Waals surface area contributed by atoms with Crippen molar-refractivity contribution in [1.82, 2.24) is 5.48 Å². The van der Waals surface area contributed by atoms with Gasteiger partial charge in [-0.15, -0.1) is 0 Å². The molecule has 0 aliphatic heterocycles. The SMILES string of the molecule is C=C1CC[C@H](OC(=O)NOI)C/C1=C/C=C1\CCC[C@@]2(C)C1CC[C@@H]2[C@@H](C)/C=C/[C@@H](C)C(C)(C)C. The van der Waals surface area contributed by atoms with Gasteiger partial charge in [-0.3, -0.25) is 0 Å². The predicted octanol–water partition coefficient (Wildman–Crippen LogP) is 9.05. The third-order valence-electron chi connectivity index (χ3n) is 9.31. The van der Waals surface area contributed by atoms with E-state index < -0.39 is 6.09 Å². The van der Waals surface area contributed by atoms with Crippen LogP contribution in [0.15, 0.2) is 47.6 Å². The van der Waals surface area contributed by atoms with E-state index in [1.165, 1.54) is 43.3 Å². The second-order valence-corrected chi connectivity index (χ2v) is 12.9. The second-order valence-electron chi connectivity index (χ2n) is 12.5. The molecule has 0 aromatic rings. The van der Waals surface area contributed by atoms with Crippen LogP contribution in [0, 0.1) is 34.5 Å². The normalized spacial score (nSPS) is 33.7. The largest absolute Gasteiger partial charge is 0.444 e. The fraction of sp³-hybridized carbons (Fsp3) is 0.700. The van der Waals surface area contributed by atoms with E-state index in [9.17, 15) is 4.79 Å². The van der Waals surface area contributed by atoms with Crippen LogP contribution < -0.4 is 5.48 Å². The summed E-state index contributed by atoms with van der Waals surface area (Å²) in [7, 11) is 0. The van der Waals surface area contributed by atoms with E-state index in [4.69, 9.17) is 4.74 Å². The number of allylic oxidation sites excluding steroid dienone is 6. The zero-order valence-electron chi connectivity index (χ0n) is 22.7. The minimum absolute atomic E-state index is 0.132. The molecule has 3 aliphatic rings. The van der Waals surface area contributed by atoms with Gasteiger partial charge in [0.15, 0.2) is 0 Å². The molecule has 3 rings (SSSR count). The Morgan fingerprint density at radius 1 is 1.17 bits per heavy atom. The van der Waals surface area contributed by atoms with Crippen molar-refractivity contribution < 1.29 is 12.7 Å². The summed E-state index contributed by atoms with van der Waals surface area (Å²) in [5.41, 5.74) is 6.92. The summed E-state index contributed by atoms with van der Waals surface area (Å²) in [5.74, 6) is 2.61. The average Bonchev–Trinajstić information content (AvgIpc) is 3.14. The maximum absolute atomic E-state index is 11.8. The van der Waals surface area contributed by atoms with Crippen molar-refractivity contribution in [2.45, 2.75) is 99.0 Å². The van der Waals surface area contributed by atoms with Crippen molar-refractivity contribution >= 4 is 29.1 Å². The van der Waals surface area contributed by atoms with Crippen LogP contribution >= 0.6 is 23.0 Å². The average molecular weight is 596 g/mol. The Balaban J connectivity index is 1.71. The standard InChI is InChI=1S/C30H46INO3/c1-20-11-15-25(34-28(33)32-35-31)19-24(20)14-13-23-9-8-18-30(7)26(16-17-27(23)30)21(2)10-12-22(3)29(4,5)6/h10,12-14,21-22,25-27H,1,8-9,11,15-19H2,2-7H3,(H,32,33)/b12-10+,23-13+,24-14-/t21-,22+,25-,26+,27?,30+/m0/s1. The van der Waals surface area contributed by atoms with Crippen molar-refractivity contribution in [2.24, 2.45) is 34.5 Å². The fourth-order valence-electron chi connectivity index (χ4n) is 6.60. The summed E-state index contributed by atoms with van der Waals surface area (Å²) in [4.78, 5) is 11.8. The van der Waals surface area contributed by atoms with E-state index in [1.807, 2.05) is 0 Å². The molecular weight excluding hydrogens is 549 g/mol. The Morgan fingerprint density at radius 2 is 1.91 bits per heavy atom. The number of rotatable bonds is 6. The molecule has 0 aromatic carbocycles. The number of carbonyl (C=O) groups is 1. The molecule has 35 heavy (non-hydrogen) atoms. The molecule has 1 N–H and O–H groups in total. The van der Waals surface area contributed by atoms with E-state index in [0.717, 1.165) is 25.2 Å². The van der Waals surface area contributed by atoms with Crippen LogP contribution in [0.2, 0.25) is 0 Å². The summed E-state index contributed by atoms with van der Waals surface area (Å²) in [6, 6.07) is 0. The predicted molar refractivity (Wildman–Crippen MR) is 153 cm³/mol. The molecule has 0 heterocycles. The van der Waals surface area contributed by atoms with Crippen molar-refractivity contribution in [3.63, 3.8) is 0 Å². The third-order valence-corrected chi connectivity index (χ3v) is 9.53. The molecule has 1 unspecified atom stereocenters. The molecule has 0 bridgehead atoms. The minimum atomic E-state index is -0.533. The van der Waals surface area contributed by atoms with Crippen molar-refractivity contribution in [1.29, 1.82) is 0 Å². The zero-order chi connectivity index (χ0) is 25.8. The van der Waals surface area contributed by atoms with Gasteiger partial charge in [-0.2, -0.15) is 5.48 Å². The number of hydroxylamine groups is 1. The highest BCUT2D eigenvalue weighted by Crippen LogP contribution is 2.59. The minimum Gasteiger partial charge on any atom is -0.444 e. The van der Waals surface area contributed by atoms with Gasteiger partial charge >= 0.3 is 6.09 Å². The van der Waals surface area contributed by atoms with Crippen LogP contribution in [0.3, 0.4) is 0 Å². The smallest absolute Gasteiger partial charge is 0.432 e. The number of carbonyl (C=O) groups excluding carboxylic acids is 1. The highest BCUT2D eigenvalue weighted by molar-refractivity contribution is 14.1.